The maximum atomic E-state index is 4.51. The van der Waals surface area contributed by atoms with Crippen LogP contribution in [0.2, 0.25) is 0 Å². The van der Waals surface area contributed by atoms with Gasteiger partial charge < -0.3 is 0 Å². The zero-order chi connectivity index (χ0) is 13.1. The third-order valence-corrected chi connectivity index (χ3v) is 3.07. The van der Waals surface area contributed by atoms with Gasteiger partial charge in [0.25, 0.3) is 0 Å². The van der Waals surface area contributed by atoms with Crippen molar-refractivity contribution in [3.05, 3.63) is 72.6 Å². The second-order valence-electron chi connectivity index (χ2n) is 4.51. The van der Waals surface area contributed by atoms with E-state index in [1.54, 1.807) is 6.20 Å². The summed E-state index contributed by atoms with van der Waals surface area (Å²) < 4.78 is 0. The van der Waals surface area contributed by atoms with Gasteiger partial charge in [-0.2, -0.15) is 0 Å². The molecule has 0 aliphatic carbocycles. The topological polar surface area (TPSA) is 25.8 Å². The molecule has 0 unspecified atom stereocenters. The molecule has 0 saturated carbocycles. The summed E-state index contributed by atoms with van der Waals surface area (Å²) in [4.78, 5) is 8.84. The monoisotopic (exact) mass is 246 g/mol. The highest BCUT2D eigenvalue weighted by Gasteiger charge is 2.01. The third-order valence-electron chi connectivity index (χ3n) is 3.07. The lowest BCUT2D eigenvalue weighted by Gasteiger charge is -2.03. The van der Waals surface area contributed by atoms with Crippen LogP contribution in [0.1, 0.15) is 5.56 Å². The number of aromatic nitrogens is 2. The number of pyridine rings is 2. The summed E-state index contributed by atoms with van der Waals surface area (Å²) in [6.07, 6.45) is 3.67. The van der Waals surface area contributed by atoms with Crippen LogP contribution in [0.15, 0.2) is 67.0 Å². The Balaban J connectivity index is 1.93. The highest BCUT2D eigenvalue weighted by atomic mass is 14.7. The van der Waals surface area contributed by atoms with Crippen LogP contribution in [0.5, 0.6) is 0 Å². The van der Waals surface area contributed by atoms with Crippen LogP contribution >= 0.6 is 0 Å². The van der Waals surface area contributed by atoms with Crippen LogP contribution < -0.4 is 0 Å². The molecule has 3 aromatic rings. The average molecular weight is 246 g/mol. The quantitative estimate of drug-likeness (QED) is 0.679. The molecule has 0 aliphatic rings. The molecule has 0 atom stereocenters. The predicted molar refractivity (Wildman–Crippen MR) is 77.6 cm³/mol. The average Bonchev–Trinajstić information content (AvgIpc) is 2.49. The van der Waals surface area contributed by atoms with E-state index in [2.05, 4.69) is 47.2 Å². The lowest BCUT2D eigenvalue weighted by atomic mass is 10.1. The normalized spacial score (nSPS) is 10.4. The number of nitrogens with zero attached hydrogens (tertiary/aromatic N) is 2. The van der Waals surface area contributed by atoms with Crippen molar-refractivity contribution in [1.29, 1.82) is 0 Å². The molecule has 19 heavy (non-hydrogen) atoms. The van der Waals surface area contributed by atoms with Gasteiger partial charge in [-0.05, 0) is 31.2 Å². The third kappa shape index (κ3) is 2.52. The van der Waals surface area contributed by atoms with E-state index in [-0.39, 0.29) is 0 Å². The molecule has 0 fully saturated rings. The lowest BCUT2D eigenvalue weighted by molar-refractivity contribution is 1.28. The molecule has 0 amide bonds. The van der Waals surface area contributed by atoms with Crippen molar-refractivity contribution < 1.29 is 0 Å². The maximum Gasteiger partial charge on any atom is 0.0717 e. The van der Waals surface area contributed by atoms with E-state index < -0.39 is 0 Å². The number of hydrogen-bond acceptors (Lipinski definition) is 2. The van der Waals surface area contributed by atoms with E-state index in [0.29, 0.717) is 0 Å². The molecule has 0 N–H and O–H groups in total. The minimum atomic E-state index is 0.949. The summed E-state index contributed by atoms with van der Waals surface area (Å²) >= 11 is 0. The van der Waals surface area contributed by atoms with Gasteiger partial charge in [-0.25, -0.2) is 0 Å². The Morgan fingerprint density at radius 1 is 0.684 bits per heavy atom. The van der Waals surface area contributed by atoms with Gasteiger partial charge in [0.05, 0.1) is 11.4 Å². The highest BCUT2D eigenvalue weighted by molar-refractivity contribution is 5.64. The number of benzene rings is 1. The lowest BCUT2D eigenvalue weighted by Crippen LogP contribution is -1.86. The van der Waals surface area contributed by atoms with E-state index in [4.69, 9.17) is 0 Å². The Kier molecular flexibility index (Phi) is 3.07. The summed E-state index contributed by atoms with van der Waals surface area (Å²) in [6.45, 7) is 2.08. The first-order chi connectivity index (χ1) is 9.33. The molecule has 0 bridgehead atoms. The van der Waals surface area contributed by atoms with Gasteiger partial charge in [0.2, 0.25) is 0 Å². The molecular weight excluding hydrogens is 232 g/mol. The first kappa shape index (κ1) is 11.6. The molecular formula is C17H14N2. The molecule has 0 aliphatic heterocycles. The first-order valence-electron chi connectivity index (χ1n) is 6.27. The van der Waals surface area contributed by atoms with Crippen LogP contribution in [-0.2, 0) is 0 Å². The van der Waals surface area contributed by atoms with Crippen molar-refractivity contribution >= 4 is 0 Å². The summed E-state index contributed by atoms with van der Waals surface area (Å²) in [6, 6.07) is 18.4. The van der Waals surface area contributed by atoms with Crippen molar-refractivity contribution in [2.75, 3.05) is 0 Å². The summed E-state index contributed by atoms with van der Waals surface area (Å²) in [5.74, 6) is 0. The van der Waals surface area contributed by atoms with Gasteiger partial charge in [-0.15, -0.1) is 0 Å². The SMILES string of the molecule is Cc1ccc(-c2ccc(-c3ccccn3)cn2)cc1. The standard InChI is InChI=1S/C17H14N2/c1-13-5-7-14(8-6-13)17-10-9-15(12-19-17)16-4-2-3-11-18-16/h2-12H,1H3. The van der Waals surface area contributed by atoms with Gasteiger partial charge in [-0.3, -0.25) is 9.97 Å². The van der Waals surface area contributed by atoms with Crippen molar-refractivity contribution in [1.82, 2.24) is 9.97 Å². The van der Waals surface area contributed by atoms with Gasteiger partial charge in [-0.1, -0.05) is 35.9 Å². The molecule has 0 spiro atoms. The fraction of sp³-hybridized carbons (Fsp3) is 0.0588. The van der Waals surface area contributed by atoms with Crippen molar-refractivity contribution in [3.63, 3.8) is 0 Å². The fourth-order valence-corrected chi connectivity index (χ4v) is 1.97. The molecule has 2 heterocycles. The fourth-order valence-electron chi connectivity index (χ4n) is 1.97. The Hall–Kier alpha value is -2.48. The summed E-state index contributed by atoms with van der Waals surface area (Å²) in [5, 5.41) is 0. The Morgan fingerprint density at radius 2 is 1.42 bits per heavy atom. The van der Waals surface area contributed by atoms with Crippen molar-refractivity contribution in [2.45, 2.75) is 6.92 Å². The smallest absolute Gasteiger partial charge is 0.0717 e. The molecule has 2 nitrogen and oxygen atoms in total. The number of rotatable bonds is 2. The highest BCUT2D eigenvalue weighted by Crippen LogP contribution is 2.21. The van der Waals surface area contributed by atoms with E-state index in [1.165, 1.54) is 5.56 Å². The van der Waals surface area contributed by atoms with Crippen LogP contribution in [-0.4, -0.2) is 9.97 Å². The van der Waals surface area contributed by atoms with Gasteiger partial charge in [0, 0.05) is 23.5 Å². The van der Waals surface area contributed by atoms with Crippen LogP contribution in [0.3, 0.4) is 0 Å². The summed E-state index contributed by atoms with van der Waals surface area (Å²) in [5.41, 5.74) is 5.37. The molecule has 2 heteroatoms. The second-order valence-corrected chi connectivity index (χ2v) is 4.51. The van der Waals surface area contributed by atoms with Gasteiger partial charge in [0.15, 0.2) is 0 Å². The zero-order valence-corrected chi connectivity index (χ0v) is 10.7. The number of hydrogen-bond donors (Lipinski definition) is 0. The maximum absolute atomic E-state index is 4.51. The van der Waals surface area contributed by atoms with Crippen molar-refractivity contribution in [3.8, 4) is 22.5 Å². The van der Waals surface area contributed by atoms with Gasteiger partial charge in [0.1, 0.15) is 0 Å². The zero-order valence-electron chi connectivity index (χ0n) is 10.7. The first-order valence-corrected chi connectivity index (χ1v) is 6.27. The van der Waals surface area contributed by atoms with Gasteiger partial charge >= 0.3 is 0 Å². The van der Waals surface area contributed by atoms with E-state index in [0.717, 1.165) is 22.5 Å². The van der Waals surface area contributed by atoms with E-state index >= 15 is 0 Å². The van der Waals surface area contributed by atoms with E-state index in [9.17, 15) is 0 Å². The molecule has 2 aromatic heterocycles. The Bertz CT molecular complexity index is 656. The summed E-state index contributed by atoms with van der Waals surface area (Å²) in [7, 11) is 0. The second kappa shape index (κ2) is 5.02. The molecule has 0 saturated heterocycles. The van der Waals surface area contributed by atoms with Crippen LogP contribution in [0.25, 0.3) is 22.5 Å². The Labute approximate surface area is 112 Å². The number of aryl methyl sites for hydroxylation is 1. The molecule has 0 radical (unpaired) electrons. The molecule has 92 valence electrons. The van der Waals surface area contributed by atoms with Crippen LogP contribution in [0.4, 0.5) is 0 Å². The minimum absolute atomic E-state index is 0.949. The molecule has 3 rings (SSSR count). The Morgan fingerprint density at radius 3 is 2.05 bits per heavy atom. The molecule has 1 aromatic carbocycles. The largest absolute Gasteiger partial charge is 0.256 e. The van der Waals surface area contributed by atoms with Crippen molar-refractivity contribution in [2.24, 2.45) is 0 Å². The van der Waals surface area contributed by atoms with Crippen LogP contribution in [0, 0.1) is 6.92 Å². The predicted octanol–water partition coefficient (Wildman–Crippen LogP) is 4.12. The van der Waals surface area contributed by atoms with E-state index in [1.807, 2.05) is 30.5 Å². The minimum Gasteiger partial charge on any atom is -0.256 e.